The van der Waals surface area contributed by atoms with Gasteiger partial charge in [-0.2, -0.15) is 0 Å². The second-order valence-electron chi connectivity index (χ2n) is 5.22. The maximum atomic E-state index is 4.37. The third kappa shape index (κ3) is 1.66. The van der Waals surface area contributed by atoms with Crippen molar-refractivity contribution in [2.75, 3.05) is 0 Å². The van der Waals surface area contributed by atoms with Crippen LogP contribution in [0.2, 0.25) is 0 Å². The van der Waals surface area contributed by atoms with Gasteiger partial charge in [0.1, 0.15) is 5.82 Å². The Labute approximate surface area is 116 Å². The maximum absolute atomic E-state index is 4.37. The van der Waals surface area contributed by atoms with Crippen molar-refractivity contribution in [3.8, 4) is 11.6 Å². The quantitative estimate of drug-likeness (QED) is 0.712. The molecule has 3 aromatic rings. The average Bonchev–Trinajstić information content (AvgIpc) is 3.15. The largest absolute Gasteiger partial charge is 0.331 e. The summed E-state index contributed by atoms with van der Waals surface area (Å²) in [4.78, 5) is 4.37. The van der Waals surface area contributed by atoms with Crippen LogP contribution >= 0.6 is 0 Å². The van der Waals surface area contributed by atoms with Crippen LogP contribution in [-0.4, -0.2) is 24.3 Å². The van der Waals surface area contributed by atoms with Gasteiger partial charge in [-0.3, -0.25) is 0 Å². The average molecular weight is 265 g/mol. The number of imidazole rings is 1. The van der Waals surface area contributed by atoms with E-state index in [0.29, 0.717) is 5.92 Å². The first-order chi connectivity index (χ1) is 9.83. The Morgan fingerprint density at radius 1 is 1.10 bits per heavy atom. The lowest BCUT2D eigenvalue weighted by Gasteiger charge is -2.09. The Morgan fingerprint density at radius 3 is 2.70 bits per heavy atom. The van der Waals surface area contributed by atoms with Gasteiger partial charge in [-0.05, 0) is 5.56 Å². The van der Waals surface area contributed by atoms with Gasteiger partial charge in [0, 0.05) is 38.3 Å². The number of nitrogens with zero attached hydrogens (tertiary/aromatic N) is 5. The van der Waals surface area contributed by atoms with Crippen LogP contribution in [0.4, 0.5) is 0 Å². The molecule has 1 aliphatic rings. The van der Waals surface area contributed by atoms with Crippen LogP contribution in [0.5, 0.6) is 0 Å². The number of hydrogen-bond acceptors (Lipinski definition) is 3. The predicted octanol–water partition coefficient (Wildman–Crippen LogP) is 2.02. The first-order valence-electron chi connectivity index (χ1n) is 6.77. The van der Waals surface area contributed by atoms with Crippen molar-refractivity contribution >= 4 is 0 Å². The smallest absolute Gasteiger partial charge is 0.200 e. The molecule has 0 amide bonds. The highest BCUT2D eigenvalue weighted by atomic mass is 15.3. The summed E-state index contributed by atoms with van der Waals surface area (Å²) in [7, 11) is 1.98. The van der Waals surface area contributed by atoms with Crippen molar-refractivity contribution in [3.05, 3.63) is 54.1 Å². The molecule has 0 radical (unpaired) electrons. The highest BCUT2D eigenvalue weighted by Crippen LogP contribution is 2.31. The van der Waals surface area contributed by atoms with E-state index in [1.807, 2.05) is 17.8 Å². The van der Waals surface area contributed by atoms with Gasteiger partial charge in [0.15, 0.2) is 11.6 Å². The summed E-state index contributed by atoms with van der Waals surface area (Å²) in [5.41, 5.74) is 1.36. The van der Waals surface area contributed by atoms with Crippen molar-refractivity contribution in [3.63, 3.8) is 0 Å². The standard InChI is InChI=1S/C15H15N5/c1-19-8-7-16-14(19)15-18-17-13-9-12(10-20(13)15)11-5-3-2-4-6-11/h2-8,12H,9-10H2,1H3. The molecule has 0 N–H and O–H groups in total. The van der Waals surface area contributed by atoms with Crippen molar-refractivity contribution in [2.24, 2.45) is 7.05 Å². The Kier molecular flexibility index (Phi) is 2.45. The monoisotopic (exact) mass is 265 g/mol. The normalized spacial score (nSPS) is 17.4. The van der Waals surface area contributed by atoms with E-state index in [1.165, 1.54) is 5.56 Å². The van der Waals surface area contributed by atoms with Gasteiger partial charge < -0.3 is 9.13 Å². The van der Waals surface area contributed by atoms with E-state index in [9.17, 15) is 0 Å². The van der Waals surface area contributed by atoms with Crippen molar-refractivity contribution in [1.29, 1.82) is 0 Å². The molecule has 0 bridgehead atoms. The van der Waals surface area contributed by atoms with Crippen LogP contribution in [0.25, 0.3) is 11.6 Å². The van der Waals surface area contributed by atoms with Crippen molar-refractivity contribution in [1.82, 2.24) is 24.3 Å². The summed E-state index contributed by atoms with van der Waals surface area (Å²) < 4.78 is 4.17. The molecule has 20 heavy (non-hydrogen) atoms. The van der Waals surface area contributed by atoms with Gasteiger partial charge in [0.25, 0.3) is 0 Å². The number of aromatic nitrogens is 5. The lowest BCUT2D eigenvalue weighted by atomic mass is 9.98. The zero-order valence-electron chi connectivity index (χ0n) is 11.3. The van der Waals surface area contributed by atoms with Crippen LogP contribution < -0.4 is 0 Å². The lowest BCUT2D eigenvalue weighted by Crippen LogP contribution is -2.05. The molecule has 1 atom stereocenters. The van der Waals surface area contributed by atoms with Gasteiger partial charge in [-0.1, -0.05) is 30.3 Å². The summed E-state index contributed by atoms with van der Waals surface area (Å²) in [6.45, 7) is 0.925. The minimum Gasteiger partial charge on any atom is -0.331 e. The predicted molar refractivity (Wildman–Crippen MR) is 75.1 cm³/mol. The van der Waals surface area contributed by atoms with Crippen LogP contribution in [0.3, 0.4) is 0 Å². The molecular weight excluding hydrogens is 250 g/mol. The molecule has 1 aromatic carbocycles. The number of hydrogen-bond donors (Lipinski definition) is 0. The fourth-order valence-corrected chi connectivity index (χ4v) is 2.88. The molecule has 4 rings (SSSR count). The summed E-state index contributed by atoms with van der Waals surface area (Å²) in [6.07, 6.45) is 4.67. The van der Waals surface area contributed by atoms with Crippen molar-refractivity contribution < 1.29 is 0 Å². The summed E-state index contributed by atoms with van der Waals surface area (Å²) in [5.74, 6) is 3.28. The van der Waals surface area contributed by atoms with E-state index >= 15 is 0 Å². The Hall–Kier alpha value is -2.43. The maximum Gasteiger partial charge on any atom is 0.200 e. The second-order valence-corrected chi connectivity index (χ2v) is 5.22. The molecule has 1 aliphatic heterocycles. The van der Waals surface area contributed by atoms with Gasteiger partial charge in [0.05, 0.1) is 0 Å². The SMILES string of the molecule is Cn1ccnc1-c1nnc2n1CC(c1ccccc1)C2. The molecule has 1 unspecified atom stereocenters. The molecule has 0 spiro atoms. The molecule has 3 heterocycles. The molecular formula is C15H15N5. The van der Waals surface area contributed by atoms with E-state index in [1.54, 1.807) is 6.20 Å². The van der Waals surface area contributed by atoms with E-state index in [4.69, 9.17) is 0 Å². The van der Waals surface area contributed by atoms with E-state index in [0.717, 1.165) is 30.4 Å². The molecule has 2 aromatic heterocycles. The number of fused-ring (bicyclic) bond motifs is 1. The Morgan fingerprint density at radius 2 is 1.95 bits per heavy atom. The molecule has 100 valence electrons. The second kappa shape index (κ2) is 4.30. The first kappa shape index (κ1) is 11.4. The number of benzene rings is 1. The molecule has 0 fully saturated rings. The van der Waals surface area contributed by atoms with Crippen LogP contribution in [0.1, 0.15) is 17.3 Å². The molecule has 5 nitrogen and oxygen atoms in total. The topological polar surface area (TPSA) is 48.5 Å². The van der Waals surface area contributed by atoms with Gasteiger partial charge in [-0.15, -0.1) is 10.2 Å². The molecule has 5 heteroatoms. The summed E-state index contributed by atoms with van der Waals surface area (Å²) in [6, 6.07) is 10.6. The summed E-state index contributed by atoms with van der Waals surface area (Å²) in [5, 5.41) is 8.63. The first-order valence-corrected chi connectivity index (χ1v) is 6.77. The minimum absolute atomic E-state index is 0.487. The van der Waals surface area contributed by atoms with Gasteiger partial charge >= 0.3 is 0 Å². The van der Waals surface area contributed by atoms with Crippen molar-refractivity contribution in [2.45, 2.75) is 18.9 Å². The van der Waals surface area contributed by atoms with Gasteiger partial charge in [0.2, 0.25) is 0 Å². The third-order valence-electron chi connectivity index (χ3n) is 3.95. The third-order valence-corrected chi connectivity index (χ3v) is 3.95. The Bertz CT molecular complexity index is 741. The highest BCUT2D eigenvalue weighted by Gasteiger charge is 2.28. The Balaban J connectivity index is 1.70. The number of rotatable bonds is 2. The number of aryl methyl sites for hydroxylation is 1. The van der Waals surface area contributed by atoms with Crippen LogP contribution in [0.15, 0.2) is 42.7 Å². The zero-order valence-corrected chi connectivity index (χ0v) is 11.3. The fourth-order valence-electron chi connectivity index (χ4n) is 2.88. The summed E-state index contributed by atoms with van der Waals surface area (Å²) >= 11 is 0. The van der Waals surface area contributed by atoms with Gasteiger partial charge in [-0.25, -0.2) is 4.98 Å². The van der Waals surface area contributed by atoms with Crippen LogP contribution in [0, 0.1) is 0 Å². The highest BCUT2D eigenvalue weighted by molar-refractivity contribution is 5.45. The zero-order chi connectivity index (χ0) is 13.5. The minimum atomic E-state index is 0.487. The van der Waals surface area contributed by atoms with Crippen LogP contribution in [-0.2, 0) is 20.0 Å². The fraction of sp³-hybridized carbons (Fsp3) is 0.267. The lowest BCUT2D eigenvalue weighted by molar-refractivity contribution is 0.646. The van der Waals surface area contributed by atoms with E-state index < -0.39 is 0 Å². The molecule has 0 aliphatic carbocycles. The van der Waals surface area contributed by atoms with E-state index in [-0.39, 0.29) is 0 Å². The molecule has 0 saturated heterocycles. The molecule has 0 saturated carbocycles. The van der Waals surface area contributed by atoms with E-state index in [2.05, 4.69) is 50.1 Å².